The van der Waals surface area contributed by atoms with E-state index in [2.05, 4.69) is 91.2 Å². The molecular weight excluding hydrogens is 555 g/mol. The van der Waals surface area contributed by atoms with Crippen LogP contribution >= 0.6 is 22.7 Å². The van der Waals surface area contributed by atoms with E-state index in [4.69, 9.17) is 0 Å². The molecule has 0 amide bonds. The Balaban J connectivity index is 1.17. The molecule has 5 heteroatoms. The lowest BCUT2D eigenvalue weighted by Crippen LogP contribution is -2.15. The van der Waals surface area contributed by atoms with Crippen molar-refractivity contribution in [1.82, 2.24) is 4.57 Å². The molecular formula is C37H23NO2S2. The van der Waals surface area contributed by atoms with Gasteiger partial charge in [0.15, 0.2) is 11.6 Å². The molecule has 9 rings (SSSR count). The van der Waals surface area contributed by atoms with Crippen molar-refractivity contribution in [2.75, 3.05) is 0 Å². The van der Waals surface area contributed by atoms with E-state index in [9.17, 15) is 9.59 Å². The highest BCUT2D eigenvalue weighted by molar-refractivity contribution is 7.30. The van der Waals surface area contributed by atoms with Gasteiger partial charge >= 0.3 is 0 Å². The number of allylic oxidation sites excluding steroid dienone is 1. The second kappa shape index (κ2) is 8.25. The van der Waals surface area contributed by atoms with Crippen molar-refractivity contribution in [3.63, 3.8) is 0 Å². The molecule has 0 aliphatic heterocycles. The normalized spacial score (nSPS) is 15.1. The number of nitrogens with zero attached hydrogens (tertiary/aromatic N) is 1. The monoisotopic (exact) mass is 577 g/mol. The fourth-order valence-electron chi connectivity index (χ4n) is 7.00. The number of hydrogen-bond donors (Lipinski definition) is 0. The van der Waals surface area contributed by atoms with Crippen LogP contribution in [0.25, 0.3) is 53.4 Å². The van der Waals surface area contributed by atoms with Gasteiger partial charge in [-0.05, 0) is 53.1 Å². The average molecular weight is 578 g/mol. The molecule has 0 unspecified atom stereocenters. The van der Waals surface area contributed by atoms with Gasteiger partial charge < -0.3 is 4.57 Å². The van der Waals surface area contributed by atoms with Gasteiger partial charge in [0.2, 0.25) is 0 Å². The van der Waals surface area contributed by atoms with Gasteiger partial charge in [-0.1, -0.05) is 80.6 Å². The van der Waals surface area contributed by atoms with Gasteiger partial charge in [-0.25, -0.2) is 0 Å². The predicted molar refractivity (Wildman–Crippen MR) is 175 cm³/mol. The van der Waals surface area contributed by atoms with E-state index in [1.165, 1.54) is 58.5 Å². The largest absolute Gasteiger partial charge is 0.309 e. The number of para-hydroxylation sites is 2. The van der Waals surface area contributed by atoms with Crippen LogP contribution in [-0.2, 0) is 5.41 Å². The summed E-state index contributed by atoms with van der Waals surface area (Å²) in [5.41, 5.74) is 8.63. The molecule has 2 aliphatic rings. The number of benzene rings is 4. The fourth-order valence-corrected chi connectivity index (χ4v) is 9.95. The summed E-state index contributed by atoms with van der Waals surface area (Å²) in [5.74, 6) is -0.356. The van der Waals surface area contributed by atoms with Crippen LogP contribution in [0.3, 0.4) is 0 Å². The minimum atomic E-state index is -0.192. The van der Waals surface area contributed by atoms with Crippen LogP contribution in [0.15, 0.2) is 103 Å². The smallest absolute Gasteiger partial charge is 0.197 e. The molecule has 0 bridgehead atoms. The van der Waals surface area contributed by atoms with Gasteiger partial charge in [0.1, 0.15) is 0 Å². The molecule has 3 aromatic heterocycles. The Hall–Kier alpha value is -4.58. The van der Waals surface area contributed by atoms with E-state index in [0.29, 0.717) is 11.1 Å². The van der Waals surface area contributed by atoms with Gasteiger partial charge in [-0.15, -0.1) is 22.7 Å². The Morgan fingerprint density at radius 1 is 0.690 bits per heavy atom. The van der Waals surface area contributed by atoms with Gasteiger partial charge in [-0.3, -0.25) is 9.59 Å². The first-order chi connectivity index (χ1) is 20.4. The lowest BCUT2D eigenvalue weighted by molar-refractivity contribution is 0.0990. The Morgan fingerprint density at radius 3 is 1.98 bits per heavy atom. The van der Waals surface area contributed by atoms with E-state index in [1.54, 1.807) is 29.5 Å². The highest BCUT2D eigenvalue weighted by Gasteiger charge is 2.40. The maximum Gasteiger partial charge on any atom is 0.197 e. The number of carbonyl (C=O) groups is 2. The van der Waals surface area contributed by atoms with E-state index >= 15 is 0 Å². The predicted octanol–water partition coefficient (Wildman–Crippen LogP) is 9.83. The quantitative estimate of drug-likeness (QED) is 0.152. The minimum Gasteiger partial charge on any atom is -0.309 e. The second-order valence-corrected chi connectivity index (χ2v) is 13.8. The molecule has 200 valence electrons. The summed E-state index contributed by atoms with van der Waals surface area (Å²) in [4.78, 5) is 28.3. The van der Waals surface area contributed by atoms with E-state index in [1.807, 2.05) is 23.5 Å². The number of Topliss-reactive ketones (excluding diaryl/α,β-unsaturated/α-hetero) is 2. The van der Waals surface area contributed by atoms with Crippen LogP contribution in [0.5, 0.6) is 0 Å². The third kappa shape index (κ3) is 3.04. The third-order valence-corrected chi connectivity index (χ3v) is 11.4. The number of fused-ring (bicyclic) bond motifs is 9. The molecule has 0 fully saturated rings. The van der Waals surface area contributed by atoms with Crippen LogP contribution in [0, 0.1) is 0 Å². The number of thiophene rings is 2. The van der Waals surface area contributed by atoms with Crippen LogP contribution in [0.1, 0.15) is 50.6 Å². The van der Waals surface area contributed by atoms with Crippen molar-refractivity contribution in [2.24, 2.45) is 0 Å². The Morgan fingerprint density at radius 2 is 1.31 bits per heavy atom. The molecule has 0 radical (unpaired) electrons. The molecule has 0 saturated carbocycles. The first-order valence-electron chi connectivity index (χ1n) is 14.0. The van der Waals surface area contributed by atoms with Crippen LogP contribution in [0.2, 0.25) is 0 Å². The molecule has 42 heavy (non-hydrogen) atoms. The van der Waals surface area contributed by atoms with Crippen LogP contribution in [0.4, 0.5) is 0 Å². The summed E-state index contributed by atoms with van der Waals surface area (Å²) in [6, 6.07) is 33.4. The Labute approximate surface area is 250 Å². The third-order valence-electron chi connectivity index (χ3n) is 8.96. The standard InChI is InChI=1S/C37H23NO2S2/c1-37(2)28-17-20(38-29-13-7-5-9-22(29)23-10-6-8-14-30(23)38)15-16-26(28)35-32(37)36-31(42-35)19-21(41-36)18-27-33(39)24-11-3-4-12-25(24)34(27)40/h3-19H,1-2H3. The number of hydrogen-bond acceptors (Lipinski definition) is 4. The number of ketones is 2. The first-order valence-corrected chi connectivity index (χ1v) is 15.7. The van der Waals surface area contributed by atoms with Gasteiger partial charge in [0.25, 0.3) is 0 Å². The Bertz CT molecular complexity index is 2290. The lowest BCUT2D eigenvalue weighted by atomic mass is 9.83. The van der Waals surface area contributed by atoms with Gasteiger partial charge in [-0.2, -0.15) is 0 Å². The highest BCUT2D eigenvalue weighted by Crippen LogP contribution is 2.57. The maximum atomic E-state index is 13.0. The van der Waals surface area contributed by atoms with Gasteiger partial charge in [0.05, 0.1) is 21.3 Å². The zero-order chi connectivity index (χ0) is 28.3. The summed E-state index contributed by atoms with van der Waals surface area (Å²) in [6.45, 7) is 4.63. The van der Waals surface area contributed by atoms with Crippen molar-refractivity contribution in [2.45, 2.75) is 19.3 Å². The van der Waals surface area contributed by atoms with Crippen LogP contribution in [-0.4, -0.2) is 16.1 Å². The van der Waals surface area contributed by atoms with Crippen molar-refractivity contribution >= 4 is 71.5 Å². The number of carbonyl (C=O) groups excluding carboxylic acids is 2. The summed E-state index contributed by atoms with van der Waals surface area (Å²) >= 11 is 3.49. The van der Waals surface area contributed by atoms with Crippen molar-refractivity contribution in [3.8, 4) is 16.1 Å². The van der Waals surface area contributed by atoms with E-state index in [-0.39, 0.29) is 22.6 Å². The summed E-state index contributed by atoms with van der Waals surface area (Å²) in [6.07, 6.45) is 1.80. The fraction of sp³-hybridized carbons (Fsp3) is 0.0811. The molecule has 3 heterocycles. The topological polar surface area (TPSA) is 39.1 Å². The first kappa shape index (κ1) is 24.1. The summed E-state index contributed by atoms with van der Waals surface area (Å²) in [7, 11) is 0. The van der Waals surface area contributed by atoms with Crippen molar-refractivity contribution in [3.05, 3.63) is 130 Å². The minimum absolute atomic E-state index is 0.178. The van der Waals surface area contributed by atoms with E-state index in [0.717, 1.165) is 4.88 Å². The maximum absolute atomic E-state index is 13.0. The van der Waals surface area contributed by atoms with Crippen molar-refractivity contribution in [1.29, 1.82) is 0 Å². The number of aromatic nitrogens is 1. The number of rotatable bonds is 2. The molecule has 0 atom stereocenters. The highest BCUT2D eigenvalue weighted by atomic mass is 32.1. The molecule has 4 aromatic carbocycles. The average Bonchev–Trinajstić information content (AvgIpc) is 3.76. The van der Waals surface area contributed by atoms with E-state index < -0.39 is 0 Å². The second-order valence-electron chi connectivity index (χ2n) is 11.6. The zero-order valence-electron chi connectivity index (χ0n) is 22.9. The lowest BCUT2D eigenvalue weighted by Gasteiger charge is -2.22. The molecule has 0 N–H and O–H groups in total. The Kier molecular flexibility index (Phi) is 4.73. The summed E-state index contributed by atoms with van der Waals surface area (Å²) in [5, 5.41) is 2.52. The molecule has 0 spiro atoms. The van der Waals surface area contributed by atoms with Crippen LogP contribution < -0.4 is 0 Å². The van der Waals surface area contributed by atoms with Gasteiger partial charge in [0, 0.05) is 47.5 Å². The zero-order valence-corrected chi connectivity index (χ0v) is 24.5. The SMILES string of the molecule is CC1(C)c2cc(-n3c4ccccc4c4ccccc43)ccc2-c2sc3cc(C=C4C(=O)c5ccccc5C4=O)sc3c21. The molecule has 7 aromatic rings. The van der Waals surface area contributed by atoms with Crippen molar-refractivity contribution < 1.29 is 9.59 Å². The molecule has 2 aliphatic carbocycles. The molecule has 3 nitrogen and oxygen atoms in total. The summed E-state index contributed by atoms with van der Waals surface area (Å²) < 4.78 is 4.83. The molecule has 0 saturated heterocycles.